The van der Waals surface area contributed by atoms with Crippen LogP contribution in [0.4, 0.5) is 0 Å². The smallest absolute Gasteiger partial charge is 0.192 e. The van der Waals surface area contributed by atoms with E-state index in [9.17, 15) is 9.90 Å². The van der Waals surface area contributed by atoms with Crippen LogP contribution in [0.1, 0.15) is 22.0 Å². The number of carbonyl (C=O) groups excluding carboxylic acids is 1. The first-order valence-electron chi connectivity index (χ1n) is 6.34. The van der Waals surface area contributed by atoms with Crippen molar-refractivity contribution in [2.24, 2.45) is 0 Å². The molecular weight excluding hydrogens is 304 g/mol. The number of aliphatic hydroxyl groups excluding tert-OH is 1. The van der Waals surface area contributed by atoms with Gasteiger partial charge in [0.1, 0.15) is 6.10 Å². The van der Waals surface area contributed by atoms with Gasteiger partial charge in [-0.1, -0.05) is 42.4 Å². The highest BCUT2D eigenvalue weighted by Crippen LogP contribution is 2.28. The van der Waals surface area contributed by atoms with E-state index in [1.807, 2.05) is 18.4 Å². The summed E-state index contributed by atoms with van der Waals surface area (Å²) in [5, 5.41) is 10.9. The summed E-state index contributed by atoms with van der Waals surface area (Å²) in [5.74, 6) is -0.248. The van der Waals surface area contributed by atoms with E-state index < -0.39 is 6.10 Å². The van der Waals surface area contributed by atoms with E-state index in [-0.39, 0.29) is 11.4 Å². The van der Waals surface area contributed by atoms with Crippen molar-refractivity contribution in [3.05, 3.63) is 76.8 Å². The monoisotopic (exact) mass is 318 g/mol. The van der Waals surface area contributed by atoms with Crippen LogP contribution in [0.2, 0.25) is 5.02 Å². The molecule has 0 spiro atoms. The molecule has 0 aliphatic rings. The lowest BCUT2D eigenvalue weighted by Gasteiger charge is -2.15. The van der Waals surface area contributed by atoms with E-state index in [4.69, 9.17) is 11.6 Å². The number of Topliss-reactive ketones (excluding diaryl/α,β-unsaturated/α-hetero) is 1. The van der Waals surface area contributed by atoms with E-state index in [2.05, 4.69) is 6.58 Å². The molecule has 0 saturated heterocycles. The second-order valence-electron chi connectivity index (χ2n) is 4.51. The molecule has 0 fully saturated rings. The van der Waals surface area contributed by atoms with Crippen molar-refractivity contribution in [2.45, 2.75) is 11.0 Å². The van der Waals surface area contributed by atoms with Gasteiger partial charge in [0.15, 0.2) is 5.78 Å². The Hall–Kier alpha value is -1.55. The predicted octanol–water partition coefficient (Wildman–Crippen LogP) is 4.53. The number of aliphatic hydroxyl groups is 1. The van der Waals surface area contributed by atoms with E-state index in [1.54, 1.807) is 36.4 Å². The van der Waals surface area contributed by atoms with Crippen molar-refractivity contribution in [1.29, 1.82) is 0 Å². The molecule has 0 radical (unpaired) electrons. The van der Waals surface area contributed by atoms with Crippen molar-refractivity contribution < 1.29 is 9.90 Å². The van der Waals surface area contributed by atoms with Crippen molar-refractivity contribution in [1.82, 2.24) is 0 Å². The molecule has 0 saturated carbocycles. The molecule has 0 amide bonds. The van der Waals surface area contributed by atoms with E-state index in [0.717, 1.165) is 4.90 Å². The van der Waals surface area contributed by atoms with Gasteiger partial charge >= 0.3 is 0 Å². The van der Waals surface area contributed by atoms with Crippen LogP contribution >= 0.6 is 23.4 Å². The minimum absolute atomic E-state index is 0.152. The lowest BCUT2D eigenvalue weighted by Crippen LogP contribution is -2.11. The molecule has 108 valence electrons. The van der Waals surface area contributed by atoms with E-state index in [1.165, 1.54) is 11.8 Å². The van der Waals surface area contributed by atoms with Gasteiger partial charge in [0.2, 0.25) is 0 Å². The Bertz CT molecular complexity index is 665. The molecule has 2 aromatic carbocycles. The number of benzene rings is 2. The Labute approximate surface area is 133 Å². The summed E-state index contributed by atoms with van der Waals surface area (Å²) >= 11 is 7.31. The van der Waals surface area contributed by atoms with Gasteiger partial charge < -0.3 is 5.11 Å². The van der Waals surface area contributed by atoms with Gasteiger partial charge in [-0.3, -0.25) is 4.79 Å². The summed E-state index contributed by atoms with van der Waals surface area (Å²) < 4.78 is 0. The molecule has 21 heavy (non-hydrogen) atoms. The zero-order valence-corrected chi connectivity index (χ0v) is 13.1. The third-order valence-electron chi connectivity index (χ3n) is 3.16. The molecule has 0 aliphatic carbocycles. The molecule has 2 nitrogen and oxygen atoms in total. The Morgan fingerprint density at radius 1 is 1.19 bits per heavy atom. The van der Waals surface area contributed by atoms with Crippen LogP contribution < -0.4 is 0 Å². The number of hydrogen-bond donors (Lipinski definition) is 1. The third kappa shape index (κ3) is 3.56. The fraction of sp³-hybridized carbons (Fsp3) is 0.118. The Balaban J connectivity index is 2.26. The summed E-state index contributed by atoms with van der Waals surface area (Å²) in [6.07, 6.45) is 0.870. The first kappa shape index (κ1) is 15.8. The Morgan fingerprint density at radius 3 is 2.43 bits per heavy atom. The third-order valence-corrected chi connectivity index (χ3v) is 4.21. The van der Waals surface area contributed by atoms with Gasteiger partial charge in [0, 0.05) is 21.1 Å². The molecule has 1 atom stereocenters. The zero-order valence-electron chi connectivity index (χ0n) is 11.5. The minimum Gasteiger partial charge on any atom is -0.384 e. The van der Waals surface area contributed by atoms with Crippen molar-refractivity contribution in [2.75, 3.05) is 6.26 Å². The van der Waals surface area contributed by atoms with Crippen molar-refractivity contribution in [3.8, 4) is 0 Å². The summed E-state index contributed by atoms with van der Waals surface area (Å²) in [4.78, 5) is 13.4. The van der Waals surface area contributed by atoms with Gasteiger partial charge in [-0.15, -0.1) is 11.8 Å². The van der Waals surface area contributed by atoms with Crippen LogP contribution in [-0.4, -0.2) is 17.1 Å². The first-order chi connectivity index (χ1) is 10.0. The normalized spacial score (nSPS) is 12.0. The molecule has 0 heterocycles. The standard InChI is InChI=1S/C17H15ClO2S/c1-11(16(19)12-7-9-13(18)10-8-12)17(20)14-5-3-4-6-15(14)21-2/h3-10,16,19H,1H2,2H3. The van der Waals surface area contributed by atoms with Gasteiger partial charge in [-0.05, 0) is 36.1 Å². The number of ketones is 1. The Morgan fingerprint density at radius 2 is 1.81 bits per heavy atom. The molecule has 0 aromatic heterocycles. The molecular formula is C17H15ClO2S. The fourth-order valence-electron chi connectivity index (χ4n) is 1.98. The second kappa shape index (κ2) is 6.94. The number of hydrogen-bond acceptors (Lipinski definition) is 3. The summed E-state index contributed by atoms with van der Waals surface area (Å²) in [5.41, 5.74) is 1.31. The van der Waals surface area contributed by atoms with E-state index in [0.29, 0.717) is 16.1 Å². The lowest BCUT2D eigenvalue weighted by atomic mass is 9.96. The van der Waals surface area contributed by atoms with Crippen molar-refractivity contribution in [3.63, 3.8) is 0 Å². The minimum atomic E-state index is -1.04. The van der Waals surface area contributed by atoms with Gasteiger partial charge in [-0.2, -0.15) is 0 Å². The number of rotatable bonds is 5. The molecule has 2 rings (SSSR count). The molecule has 4 heteroatoms. The van der Waals surface area contributed by atoms with Crippen molar-refractivity contribution >= 4 is 29.1 Å². The maximum absolute atomic E-state index is 12.5. The largest absolute Gasteiger partial charge is 0.384 e. The lowest BCUT2D eigenvalue weighted by molar-refractivity contribution is 0.0985. The number of halogens is 1. The maximum Gasteiger partial charge on any atom is 0.192 e. The average Bonchev–Trinajstić information content (AvgIpc) is 2.53. The zero-order chi connectivity index (χ0) is 15.4. The first-order valence-corrected chi connectivity index (χ1v) is 7.95. The van der Waals surface area contributed by atoms with Gasteiger partial charge in [0.05, 0.1) is 0 Å². The number of carbonyl (C=O) groups is 1. The summed E-state index contributed by atoms with van der Waals surface area (Å²) in [7, 11) is 0. The highest BCUT2D eigenvalue weighted by molar-refractivity contribution is 7.98. The SMILES string of the molecule is C=C(C(=O)c1ccccc1SC)C(O)c1ccc(Cl)cc1. The highest BCUT2D eigenvalue weighted by Gasteiger charge is 2.21. The van der Waals surface area contributed by atoms with Crippen LogP contribution in [0, 0.1) is 0 Å². The maximum atomic E-state index is 12.5. The van der Waals surface area contributed by atoms with Crippen LogP contribution in [0.15, 0.2) is 65.6 Å². The molecule has 0 aliphatic heterocycles. The van der Waals surface area contributed by atoms with Crippen LogP contribution in [0.25, 0.3) is 0 Å². The molecule has 1 unspecified atom stereocenters. The Kier molecular flexibility index (Phi) is 5.23. The summed E-state index contributed by atoms with van der Waals surface area (Å²) in [6.45, 7) is 3.76. The van der Waals surface area contributed by atoms with E-state index >= 15 is 0 Å². The molecule has 0 bridgehead atoms. The van der Waals surface area contributed by atoms with Crippen LogP contribution in [-0.2, 0) is 0 Å². The molecule has 1 N–H and O–H groups in total. The topological polar surface area (TPSA) is 37.3 Å². The predicted molar refractivity (Wildman–Crippen MR) is 88.1 cm³/mol. The van der Waals surface area contributed by atoms with Crippen LogP contribution in [0.5, 0.6) is 0 Å². The fourth-order valence-corrected chi connectivity index (χ4v) is 2.70. The molecule has 2 aromatic rings. The highest BCUT2D eigenvalue weighted by atomic mass is 35.5. The quantitative estimate of drug-likeness (QED) is 0.500. The average molecular weight is 319 g/mol. The second-order valence-corrected chi connectivity index (χ2v) is 5.79. The number of thioether (sulfide) groups is 1. The van der Waals surface area contributed by atoms with Crippen LogP contribution in [0.3, 0.4) is 0 Å². The van der Waals surface area contributed by atoms with Gasteiger partial charge in [0.25, 0.3) is 0 Å². The summed E-state index contributed by atoms with van der Waals surface area (Å²) in [6, 6.07) is 14.0. The van der Waals surface area contributed by atoms with Gasteiger partial charge in [-0.25, -0.2) is 0 Å².